The van der Waals surface area contributed by atoms with Gasteiger partial charge in [-0.3, -0.25) is 9.59 Å². The lowest BCUT2D eigenvalue weighted by molar-refractivity contribution is -0.128. The van der Waals surface area contributed by atoms with Gasteiger partial charge in [0.2, 0.25) is 0 Å². The van der Waals surface area contributed by atoms with Crippen molar-refractivity contribution in [1.29, 1.82) is 0 Å². The van der Waals surface area contributed by atoms with Gasteiger partial charge in [-0.05, 0) is 26.7 Å². The van der Waals surface area contributed by atoms with Crippen LogP contribution in [0.1, 0.15) is 40.5 Å². The minimum atomic E-state index is -0.845. The number of aliphatic hydroxyl groups excluding tert-OH is 2. The Hall–Kier alpha value is -1.84. The van der Waals surface area contributed by atoms with Gasteiger partial charge in [0.1, 0.15) is 11.5 Å². The fraction of sp³-hybridized carbons (Fsp3) is 0.500. The van der Waals surface area contributed by atoms with E-state index in [-0.39, 0.29) is 17.3 Å². The predicted molar refractivity (Wildman–Crippen MR) is 77.4 cm³/mol. The van der Waals surface area contributed by atoms with E-state index < -0.39 is 23.2 Å². The van der Waals surface area contributed by atoms with Crippen LogP contribution in [0, 0.1) is 11.8 Å². The van der Waals surface area contributed by atoms with Crippen LogP contribution in [0.15, 0.2) is 34.8 Å². The Morgan fingerprint density at radius 3 is 2.50 bits per heavy atom. The minimum absolute atomic E-state index is 0.105. The van der Waals surface area contributed by atoms with Gasteiger partial charge in [-0.2, -0.15) is 0 Å². The number of allylic oxidation sites excluding steroid dienone is 5. The number of rotatable bonds is 4. The van der Waals surface area contributed by atoms with E-state index in [1.807, 2.05) is 26.8 Å². The third kappa shape index (κ3) is 3.38. The van der Waals surface area contributed by atoms with Gasteiger partial charge in [0.25, 0.3) is 0 Å². The highest BCUT2D eigenvalue weighted by Crippen LogP contribution is 2.29. The van der Waals surface area contributed by atoms with E-state index in [0.717, 1.165) is 11.6 Å². The summed E-state index contributed by atoms with van der Waals surface area (Å²) in [6.07, 6.45) is 3.79. The SMILES string of the molecule is CCC(C)/C(O)=C1\C(=O)C(CC=C(C)C)C(=O)C=C1O. The van der Waals surface area contributed by atoms with Crippen molar-refractivity contribution in [3.63, 3.8) is 0 Å². The maximum atomic E-state index is 12.4. The zero-order chi connectivity index (χ0) is 15.4. The monoisotopic (exact) mass is 278 g/mol. The summed E-state index contributed by atoms with van der Waals surface area (Å²) in [4.78, 5) is 24.2. The van der Waals surface area contributed by atoms with Gasteiger partial charge in [0, 0.05) is 12.0 Å². The first kappa shape index (κ1) is 16.2. The van der Waals surface area contributed by atoms with Crippen molar-refractivity contribution < 1.29 is 19.8 Å². The topological polar surface area (TPSA) is 74.6 Å². The maximum Gasteiger partial charge on any atom is 0.181 e. The summed E-state index contributed by atoms with van der Waals surface area (Å²) >= 11 is 0. The Bertz CT molecular complexity index is 505. The molecule has 0 fully saturated rings. The summed E-state index contributed by atoms with van der Waals surface area (Å²) < 4.78 is 0. The average Bonchev–Trinajstić information content (AvgIpc) is 2.36. The zero-order valence-electron chi connectivity index (χ0n) is 12.4. The Kier molecular flexibility index (Phi) is 5.31. The van der Waals surface area contributed by atoms with Gasteiger partial charge in [0.15, 0.2) is 11.6 Å². The Balaban J connectivity index is 3.22. The summed E-state index contributed by atoms with van der Waals surface area (Å²) in [5.41, 5.74) is 0.909. The molecule has 2 unspecified atom stereocenters. The Morgan fingerprint density at radius 2 is 2.00 bits per heavy atom. The Labute approximate surface area is 119 Å². The van der Waals surface area contributed by atoms with Gasteiger partial charge in [0.05, 0.1) is 11.5 Å². The largest absolute Gasteiger partial charge is 0.511 e. The van der Waals surface area contributed by atoms with E-state index >= 15 is 0 Å². The quantitative estimate of drug-likeness (QED) is 0.357. The van der Waals surface area contributed by atoms with E-state index in [4.69, 9.17) is 0 Å². The maximum absolute atomic E-state index is 12.4. The number of Topliss-reactive ketones (excluding diaryl/α,β-unsaturated/α-hetero) is 1. The molecule has 0 aromatic heterocycles. The van der Waals surface area contributed by atoms with Gasteiger partial charge < -0.3 is 10.2 Å². The predicted octanol–water partition coefficient (Wildman–Crippen LogP) is 3.41. The third-order valence-corrected chi connectivity index (χ3v) is 3.54. The lowest BCUT2D eigenvalue weighted by atomic mass is 9.82. The first-order valence-corrected chi connectivity index (χ1v) is 6.85. The first-order valence-electron chi connectivity index (χ1n) is 6.85. The molecule has 1 aliphatic carbocycles. The number of hydrogen-bond acceptors (Lipinski definition) is 4. The highest BCUT2D eigenvalue weighted by molar-refractivity contribution is 6.19. The van der Waals surface area contributed by atoms with E-state index in [2.05, 4.69) is 0 Å². The van der Waals surface area contributed by atoms with Crippen LogP contribution in [-0.4, -0.2) is 21.8 Å². The second-order valence-corrected chi connectivity index (χ2v) is 5.44. The lowest BCUT2D eigenvalue weighted by Gasteiger charge is -2.21. The standard InChI is InChI=1S/C16H22O4/c1-5-10(4)15(19)14-13(18)8-12(17)11(16(14)20)7-6-9(2)3/h6,8,10-11,18-19H,5,7H2,1-4H3/b15-14+. The van der Waals surface area contributed by atoms with Crippen LogP contribution in [-0.2, 0) is 9.59 Å². The number of carbonyl (C=O) groups excluding carboxylic acids is 2. The third-order valence-electron chi connectivity index (χ3n) is 3.54. The molecule has 0 saturated carbocycles. The van der Waals surface area contributed by atoms with Gasteiger partial charge >= 0.3 is 0 Å². The molecule has 0 aromatic rings. The molecule has 1 rings (SSSR count). The molecule has 0 amide bonds. The van der Waals surface area contributed by atoms with Gasteiger partial charge in [-0.1, -0.05) is 25.5 Å². The lowest BCUT2D eigenvalue weighted by Crippen LogP contribution is -2.30. The molecule has 20 heavy (non-hydrogen) atoms. The zero-order valence-corrected chi connectivity index (χ0v) is 12.4. The number of aliphatic hydroxyl groups is 2. The van der Waals surface area contributed by atoms with E-state index in [9.17, 15) is 19.8 Å². The van der Waals surface area contributed by atoms with Crippen molar-refractivity contribution in [2.45, 2.75) is 40.5 Å². The van der Waals surface area contributed by atoms with Crippen LogP contribution in [0.5, 0.6) is 0 Å². The molecule has 110 valence electrons. The Morgan fingerprint density at radius 1 is 1.40 bits per heavy atom. The van der Waals surface area contributed by atoms with E-state index in [1.54, 1.807) is 6.92 Å². The highest BCUT2D eigenvalue weighted by atomic mass is 16.3. The van der Waals surface area contributed by atoms with Crippen molar-refractivity contribution in [2.75, 3.05) is 0 Å². The molecular formula is C16H22O4. The summed E-state index contributed by atoms with van der Waals surface area (Å²) in [6.45, 7) is 7.42. The van der Waals surface area contributed by atoms with Crippen LogP contribution in [0.4, 0.5) is 0 Å². The number of carbonyl (C=O) groups is 2. The highest BCUT2D eigenvalue weighted by Gasteiger charge is 2.36. The first-order chi connectivity index (χ1) is 9.29. The molecule has 2 N–H and O–H groups in total. The van der Waals surface area contributed by atoms with Crippen LogP contribution < -0.4 is 0 Å². The van der Waals surface area contributed by atoms with Crippen LogP contribution in [0.25, 0.3) is 0 Å². The molecule has 0 radical (unpaired) electrons. The molecule has 0 saturated heterocycles. The normalized spacial score (nSPS) is 23.2. The molecule has 0 aromatic carbocycles. The van der Waals surface area contributed by atoms with E-state index in [0.29, 0.717) is 12.8 Å². The summed E-state index contributed by atoms with van der Waals surface area (Å²) in [5, 5.41) is 19.9. The molecule has 4 heteroatoms. The second kappa shape index (κ2) is 6.55. The molecule has 0 spiro atoms. The van der Waals surface area contributed by atoms with Crippen molar-refractivity contribution in [1.82, 2.24) is 0 Å². The fourth-order valence-electron chi connectivity index (χ4n) is 2.01. The number of ketones is 2. The summed E-state index contributed by atoms with van der Waals surface area (Å²) in [6, 6.07) is 0. The molecular weight excluding hydrogens is 256 g/mol. The van der Waals surface area contributed by atoms with Crippen molar-refractivity contribution in [3.8, 4) is 0 Å². The van der Waals surface area contributed by atoms with Crippen LogP contribution >= 0.6 is 0 Å². The number of hydrogen-bond donors (Lipinski definition) is 2. The van der Waals surface area contributed by atoms with Gasteiger partial charge in [-0.25, -0.2) is 0 Å². The molecule has 1 aliphatic rings. The fourth-order valence-corrected chi connectivity index (χ4v) is 2.01. The second-order valence-electron chi connectivity index (χ2n) is 5.44. The van der Waals surface area contributed by atoms with Gasteiger partial charge in [-0.15, -0.1) is 0 Å². The summed E-state index contributed by atoms with van der Waals surface area (Å²) in [5.74, 6) is -2.55. The van der Waals surface area contributed by atoms with Crippen LogP contribution in [0.3, 0.4) is 0 Å². The van der Waals surface area contributed by atoms with Crippen molar-refractivity contribution >= 4 is 11.6 Å². The van der Waals surface area contributed by atoms with Crippen molar-refractivity contribution in [3.05, 3.63) is 34.8 Å². The molecule has 4 nitrogen and oxygen atoms in total. The smallest absolute Gasteiger partial charge is 0.181 e. The van der Waals surface area contributed by atoms with E-state index in [1.165, 1.54) is 0 Å². The van der Waals surface area contributed by atoms with Crippen LogP contribution in [0.2, 0.25) is 0 Å². The average molecular weight is 278 g/mol. The molecule has 0 heterocycles. The summed E-state index contributed by atoms with van der Waals surface area (Å²) in [7, 11) is 0. The molecule has 2 atom stereocenters. The minimum Gasteiger partial charge on any atom is -0.511 e. The van der Waals surface area contributed by atoms with Crippen molar-refractivity contribution in [2.24, 2.45) is 11.8 Å². The molecule has 0 aliphatic heterocycles. The molecule has 0 bridgehead atoms.